The van der Waals surface area contributed by atoms with Gasteiger partial charge in [0.15, 0.2) is 0 Å². The van der Waals surface area contributed by atoms with Gasteiger partial charge in [0.2, 0.25) is 0 Å². The van der Waals surface area contributed by atoms with E-state index in [4.69, 9.17) is 0 Å². The molecule has 4 rings (SSSR count). The first-order valence-electron chi connectivity index (χ1n) is 9.44. The predicted molar refractivity (Wildman–Crippen MR) is 104 cm³/mol. The highest BCUT2D eigenvalue weighted by atomic mass is 19.3. The van der Waals surface area contributed by atoms with Crippen molar-refractivity contribution in [2.24, 2.45) is 0 Å². The van der Waals surface area contributed by atoms with Crippen molar-refractivity contribution in [3.05, 3.63) is 59.2 Å². The first-order chi connectivity index (χ1) is 13.7. The van der Waals surface area contributed by atoms with Gasteiger partial charge in [-0.1, -0.05) is 12.1 Å². The van der Waals surface area contributed by atoms with Crippen LogP contribution < -0.4 is 10.2 Å². The molecule has 1 aliphatic carbocycles. The van der Waals surface area contributed by atoms with E-state index in [1.807, 2.05) is 20.2 Å². The molecule has 1 spiro atoms. The summed E-state index contributed by atoms with van der Waals surface area (Å²) in [6, 6.07) is 7.60. The van der Waals surface area contributed by atoms with Gasteiger partial charge in [0.1, 0.15) is 11.5 Å². The average molecular weight is 404 g/mol. The molecular weight excluding hydrogens is 381 g/mol. The second kappa shape index (κ2) is 6.73. The Labute approximate surface area is 167 Å². The van der Waals surface area contributed by atoms with Crippen LogP contribution in [0.1, 0.15) is 36.1 Å². The molecule has 0 atom stereocenters. The van der Waals surface area contributed by atoms with Gasteiger partial charge in [0.25, 0.3) is 6.43 Å². The zero-order valence-electron chi connectivity index (χ0n) is 16.5. The summed E-state index contributed by atoms with van der Waals surface area (Å²) >= 11 is 0. The Kier molecular flexibility index (Phi) is 4.57. The van der Waals surface area contributed by atoms with E-state index in [1.165, 1.54) is 18.3 Å². The highest BCUT2D eigenvalue weighted by Gasteiger charge is 2.61. The third-order valence-corrected chi connectivity index (χ3v) is 6.18. The van der Waals surface area contributed by atoms with E-state index in [-0.39, 0.29) is 23.1 Å². The van der Waals surface area contributed by atoms with E-state index in [1.54, 1.807) is 24.0 Å². The lowest BCUT2D eigenvalue weighted by atomic mass is 9.59. The molecule has 0 unspecified atom stereocenters. The van der Waals surface area contributed by atoms with E-state index < -0.39 is 12.0 Å². The van der Waals surface area contributed by atoms with Crippen LogP contribution >= 0.6 is 0 Å². The Morgan fingerprint density at radius 1 is 1.24 bits per heavy atom. The highest BCUT2D eigenvalue weighted by molar-refractivity contribution is 5.96. The Morgan fingerprint density at radius 2 is 1.97 bits per heavy atom. The van der Waals surface area contributed by atoms with Crippen LogP contribution in [0, 0.1) is 12.7 Å². The molecule has 1 aliphatic heterocycles. The van der Waals surface area contributed by atoms with Crippen LogP contribution in [0.15, 0.2) is 36.5 Å². The van der Waals surface area contributed by atoms with E-state index >= 15 is 0 Å². The zero-order chi connectivity index (χ0) is 21.0. The summed E-state index contributed by atoms with van der Waals surface area (Å²) in [5.74, 6) is -0.289. The molecule has 29 heavy (non-hydrogen) atoms. The number of nitrogens with one attached hydrogen (secondary N) is 1. The van der Waals surface area contributed by atoms with E-state index in [0.717, 1.165) is 5.56 Å². The number of benzene rings is 1. The SMILES string of the molecule is Cc1cc(C(F)F)ncc1N1C[C@]2(C[C@](c3cccc(F)c3)(N(C)C)C2)NC1=O. The molecule has 2 fully saturated rings. The Morgan fingerprint density at radius 3 is 2.55 bits per heavy atom. The van der Waals surface area contributed by atoms with Crippen molar-refractivity contribution in [1.29, 1.82) is 0 Å². The van der Waals surface area contributed by atoms with Gasteiger partial charge >= 0.3 is 6.03 Å². The van der Waals surface area contributed by atoms with E-state index in [2.05, 4.69) is 15.2 Å². The standard InChI is InChI=1S/C21H23F3N4O/c1-13-7-16(18(23)24)25-9-17(13)28-12-20(26-19(28)29)10-21(11-20,27(2)3)14-5-4-6-15(22)8-14/h4-9,18H,10-12H2,1-3H3,(H,26,29)/t20-,21+. The Balaban J connectivity index is 1.59. The van der Waals surface area contributed by atoms with Gasteiger partial charge in [-0.15, -0.1) is 0 Å². The number of carbonyl (C=O) groups excluding carboxylic acids is 1. The molecule has 5 nitrogen and oxygen atoms in total. The van der Waals surface area contributed by atoms with Gasteiger partial charge in [-0.2, -0.15) is 0 Å². The van der Waals surface area contributed by atoms with Crippen LogP contribution in [0.4, 0.5) is 23.7 Å². The number of nitrogens with zero attached hydrogens (tertiary/aromatic N) is 3. The van der Waals surface area contributed by atoms with Gasteiger partial charge in [-0.05, 0) is 63.2 Å². The third-order valence-electron chi connectivity index (χ3n) is 6.18. The number of aromatic nitrogens is 1. The topological polar surface area (TPSA) is 48.5 Å². The minimum absolute atomic E-state index is 0.272. The Hall–Kier alpha value is -2.61. The number of hydrogen-bond acceptors (Lipinski definition) is 3. The van der Waals surface area contributed by atoms with Crippen molar-refractivity contribution >= 4 is 11.7 Å². The summed E-state index contributed by atoms with van der Waals surface area (Å²) in [5, 5.41) is 3.06. The van der Waals surface area contributed by atoms with Gasteiger partial charge in [-0.25, -0.2) is 18.0 Å². The number of halogens is 3. The maximum Gasteiger partial charge on any atom is 0.322 e. The lowest BCUT2D eigenvalue weighted by Crippen LogP contribution is -2.66. The van der Waals surface area contributed by atoms with Crippen LogP contribution in [0.5, 0.6) is 0 Å². The molecule has 2 aromatic rings. The quantitative estimate of drug-likeness (QED) is 0.839. The van der Waals surface area contributed by atoms with Gasteiger partial charge < -0.3 is 5.32 Å². The molecule has 1 saturated carbocycles. The molecule has 154 valence electrons. The van der Waals surface area contributed by atoms with E-state index in [0.29, 0.717) is 30.6 Å². The summed E-state index contributed by atoms with van der Waals surface area (Å²) in [4.78, 5) is 20.1. The smallest absolute Gasteiger partial charge is 0.322 e. The summed E-state index contributed by atoms with van der Waals surface area (Å²) in [5.41, 5.74) is 0.837. The monoisotopic (exact) mass is 404 g/mol. The molecule has 2 aliphatic rings. The van der Waals surface area contributed by atoms with Crippen LogP contribution in [-0.2, 0) is 5.54 Å². The zero-order valence-corrected chi connectivity index (χ0v) is 16.5. The van der Waals surface area contributed by atoms with Gasteiger partial charge in [0, 0.05) is 0 Å². The second-order valence-electron chi connectivity index (χ2n) is 8.28. The minimum atomic E-state index is -2.65. The fraction of sp³-hybridized carbons (Fsp3) is 0.429. The fourth-order valence-electron chi connectivity index (χ4n) is 4.70. The molecular formula is C21H23F3N4O. The van der Waals surface area contributed by atoms with Crippen molar-refractivity contribution in [3.8, 4) is 0 Å². The van der Waals surface area contributed by atoms with Crippen LogP contribution in [0.3, 0.4) is 0 Å². The van der Waals surface area contributed by atoms with Crippen LogP contribution in [0.2, 0.25) is 0 Å². The van der Waals surface area contributed by atoms with Crippen molar-refractivity contribution in [3.63, 3.8) is 0 Å². The van der Waals surface area contributed by atoms with Crippen molar-refractivity contribution < 1.29 is 18.0 Å². The summed E-state index contributed by atoms with van der Waals surface area (Å²) in [7, 11) is 3.90. The van der Waals surface area contributed by atoms with Gasteiger partial charge in [0.05, 0.1) is 29.5 Å². The molecule has 0 bridgehead atoms. The molecule has 1 aromatic carbocycles. The first kappa shape index (κ1) is 19.7. The number of aryl methyl sites for hydroxylation is 1. The maximum atomic E-state index is 13.8. The average Bonchev–Trinajstić information content (AvgIpc) is 2.97. The maximum absolute atomic E-state index is 13.8. The van der Waals surface area contributed by atoms with Crippen LogP contribution in [0.25, 0.3) is 0 Å². The van der Waals surface area contributed by atoms with Crippen molar-refractivity contribution in [2.45, 2.75) is 37.3 Å². The minimum Gasteiger partial charge on any atom is -0.330 e. The molecule has 1 saturated heterocycles. The first-order valence-corrected chi connectivity index (χ1v) is 9.44. The number of alkyl halides is 2. The summed E-state index contributed by atoms with van der Waals surface area (Å²) in [6.45, 7) is 2.10. The van der Waals surface area contributed by atoms with Crippen molar-refractivity contribution in [2.75, 3.05) is 25.5 Å². The Bertz CT molecular complexity index is 957. The molecule has 8 heteroatoms. The fourth-order valence-corrected chi connectivity index (χ4v) is 4.70. The number of amides is 2. The number of rotatable bonds is 4. The molecule has 0 radical (unpaired) electrons. The van der Waals surface area contributed by atoms with Crippen LogP contribution in [-0.4, -0.2) is 42.1 Å². The van der Waals surface area contributed by atoms with E-state index in [9.17, 15) is 18.0 Å². The molecule has 1 aromatic heterocycles. The lowest BCUT2D eigenvalue weighted by Gasteiger charge is -2.57. The summed E-state index contributed by atoms with van der Waals surface area (Å²) in [6.07, 6.45) is -0.0689. The molecule has 2 amide bonds. The number of carbonyl (C=O) groups is 1. The molecule has 2 heterocycles. The normalized spacial score (nSPS) is 26.3. The van der Waals surface area contributed by atoms with Crippen molar-refractivity contribution in [1.82, 2.24) is 15.2 Å². The lowest BCUT2D eigenvalue weighted by molar-refractivity contribution is -0.0171. The second-order valence-corrected chi connectivity index (χ2v) is 8.28. The number of hydrogen-bond donors (Lipinski definition) is 1. The largest absolute Gasteiger partial charge is 0.330 e. The number of anilines is 1. The summed E-state index contributed by atoms with van der Waals surface area (Å²) < 4.78 is 39.6. The van der Waals surface area contributed by atoms with Gasteiger partial charge in [-0.3, -0.25) is 14.8 Å². The predicted octanol–water partition coefficient (Wildman–Crippen LogP) is 3.99. The third kappa shape index (κ3) is 3.15. The number of pyridine rings is 1. The molecule has 1 N–H and O–H groups in total. The number of urea groups is 1. The highest BCUT2D eigenvalue weighted by Crippen LogP contribution is 2.53.